The van der Waals surface area contributed by atoms with E-state index in [-0.39, 0.29) is 17.5 Å². The highest BCUT2D eigenvalue weighted by Gasteiger charge is 2.31. The van der Waals surface area contributed by atoms with Crippen molar-refractivity contribution in [2.24, 2.45) is 0 Å². The molecule has 2 aromatic carbocycles. The molecule has 0 atom stereocenters. The lowest BCUT2D eigenvalue weighted by Gasteiger charge is -2.21. The number of benzene rings is 2. The number of rotatable bonds is 5. The van der Waals surface area contributed by atoms with Crippen LogP contribution in [0.4, 0.5) is 17.6 Å². The van der Waals surface area contributed by atoms with Gasteiger partial charge in [0.1, 0.15) is 17.2 Å². The fourth-order valence-electron chi connectivity index (χ4n) is 3.29. The molecule has 0 saturated carbocycles. The van der Waals surface area contributed by atoms with E-state index in [9.17, 15) is 22.4 Å². The van der Waals surface area contributed by atoms with Crippen molar-refractivity contribution in [3.8, 4) is 5.75 Å². The van der Waals surface area contributed by atoms with Gasteiger partial charge in [-0.3, -0.25) is 4.72 Å². The topological polar surface area (TPSA) is 47.6 Å². The van der Waals surface area contributed by atoms with E-state index in [0.717, 1.165) is 42.7 Å². The Kier molecular flexibility index (Phi) is 9.60. The average Bonchev–Trinajstić information content (AvgIpc) is 2.71. The molecule has 0 fully saturated rings. The van der Waals surface area contributed by atoms with Crippen molar-refractivity contribution in [2.45, 2.75) is 63.1 Å². The molecular weight excluding hydrogens is 458 g/mol. The Morgan fingerprint density at radius 1 is 1.09 bits per heavy atom. The minimum absolute atomic E-state index is 0.0201. The summed E-state index contributed by atoms with van der Waals surface area (Å²) in [5, 5.41) is 0. The van der Waals surface area contributed by atoms with Gasteiger partial charge in [-0.2, -0.15) is 13.2 Å². The Labute approximate surface area is 196 Å². The number of esters is 1. The number of aryl methyl sites for hydroxylation is 1. The van der Waals surface area contributed by atoms with Crippen LogP contribution in [0, 0.1) is 5.82 Å². The number of ether oxygens (including phenoxy) is 2. The number of halogens is 4. The van der Waals surface area contributed by atoms with Crippen molar-refractivity contribution in [3.63, 3.8) is 0 Å². The molecule has 33 heavy (non-hydrogen) atoms. The molecule has 3 rings (SSSR count). The highest BCUT2D eigenvalue weighted by Crippen LogP contribution is 2.32. The molecule has 0 radical (unpaired) electrons. The standard InChI is InChI=1S/C16H22O3.C8H7F4NS/c1-16(2,3)19-15(17)11-18-14-10-6-8-12-7-4-5-9-13(12)14;1-13-14-7-3-5(8(10,11)12)2-6(9)4-7/h6,8,10H,4-5,7,9,11H2,1-3H3;2-4,13H,1H3. The molecule has 2 aromatic rings. The summed E-state index contributed by atoms with van der Waals surface area (Å²) < 4.78 is 62.8. The lowest BCUT2D eigenvalue weighted by molar-refractivity contribution is -0.157. The zero-order valence-corrected chi connectivity index (χ0v) is 20.0. The van der Waals surface area contributed by atoms with Gasteiger partial charge in [0.15, 0.2) is 6.61 Å². The third kappa shape index (κ3) is 9.25. The molecule has 0 saturated heterocycles. The molecule has 0 unspecified atom stereocenters. The molecule has 1 aliphatic carbocycles. The second kappa shape index (κ2) is 11.7. The van der Waals surface area contributed by atoms with Crippen LogP contribution in [-0.2, 0) is 28.5 Å². The third-order valence-electron chi connectivity index (χ3n) is 4.54. The van der Waals surface area contributed by atoms with Crippen LogP contribution >= 0.6 is 11.9 Å². The van der Waals surface area contributed by atoms with Gasteiger partial charge >= 0.3 is 12.1 Å². The van der Waals surface area contributed by atoms with Gasteiger partial charge in [0, 0.05) is 4.90 Å². The lowest BCUT2D eigenvalue weighted by Crippen LogP contribution is -2.27. The van der Waals surface area contributed by atoms with Gasteiger partial charge in [0.2, 0.25) is 0 Å². The molecule has 1 N–H and O–H groups in total. The SMILES string of the molecule is CC(C)(C)OC(=O)COc1cccc2c1CCCC2.CNSc1cc(F)cc(C(F)(F)F)c1. The first kappa shape index (κ1) is 27.0. The predicted octanol–water partition coefficient (Wildman–Crippen LogP) is 6.36. The molecule has 4 nitrogen and oxygen atoms in total. The molecule has 0 spiro atoms. The van der Waals surface area contributed by atoms with Gasteiger partial charge in [0.25, 0.3) is 0 Å². The summed E-state index contributed by atoms with van der Waals surface area (Å²) in [4.78, 5) is 11.8. The first-order chi connectivity index (χ1) is 15.4. The summed E-state index contributed by atoms with van der Waals surface area (Å²) in [7, 11) is 1.54. The number of hydrogen-bond acceptors (Lipinski definition) is 5. The first-order valence-corrected chi connectivity index (χ1v) is 11.4. The molecule has 9 heteroatoms. The van der Waals surface area contributed by atoms with Gasteiger partial charge in [-0.05, 0) is 101 Å². The van der Waals surface area contributed by atoms with Crippen molar-refractivity contribution in [2.75, 3.05) is 13.7 Å². The van der Waals surface area contributed by atoms with Gasteiger partial charge in [-0.25, -0.2) is 9.18 Å². The molecule has 0 aliphatic heterocycles. The maximum Gasteiger partial charge on any atom is 0.416 e. The fraction of sp³-hybridized carbons (Fsp3) is 0.458. The number of hydrogen-bond donors (Lipinski definition) is 1. The lowest BCUT2D eigenvalue weighted by atomic mass is 9.91. The molecule has 0 heterocycles. The van der Waals surface area contributed by atoms with E-state index < -0.39 is 23.2 Å². The normalized spacial score (nSPS) is 13.5. The minimum atomic E-state index is -4.51. The highest BCUT2D eigenvalue weighted by atomic mass is 32.2. The van der Waals surface area contributed by atoms with Crippen molar-refractivity contribution in [3.05, 3.63) is 58.9 Å². The Hall–Kier alpha value is -2.26. The van der Waals surface area contributed by atoms with Crippen molar-refractivity contribution in [1.29, 1.82) is 0 Å². The molecule has 1 aliphatic rings. The monoisotopic (exact) mass is 487 g/mol. The van der Waals surface area contributed by atoms with Crippen LogP contribution in [0.1, 0.15) is 50.3 Å². The van der Waals surface area contributed by atoms with E-state index in [1.54, 1.807) is 7.05 Å². The van der Waals surface area contributed by atoms with Gasteiger partial charge < -0.3 is 9.47 Å². The fourth-order valence-corrected chi connectivity index (χ4v) is 3.89. The number of fused-ring (bicyclic) bond motifs is 1. The predicted molar refractivity (Wildman–Crippen MR) is 121 cm³/mol. The number of carbonyl (C=O) groups excluding carboxylic acids is 1. The van der Waals surface area contributed by atoms with Crippen LogP contribution in [0.25, 0.3) is 0 Å². The van der Waals surface area contributed by atoms with E-state index in [1.165, 1.54) is 24.0 Å². The summed E-state index contributed by atoms with van der Waals surface area (Å²) in [6.45, 7) is 5.55. The largest absolute Gasteiger partial charge is 0.482 e. The second-order valence-corrected chi connectivity index (χ2v) is 9.54. The smallest absolute Gasteiger partial charge is 0.416 e. The van der Waals surface area contributed by atoms with Crippen LogP contribution in [0.3, 0.4) is 0 Å². The Morgan fingerprint density at radius 2 is 1.79 bits per heavy atom. The van der Waals surface area contributed by atoms with E-state index in [1.807, 2.05) is 32.9 Å². The Bertz CT molecular complexity index is 942. The molecule has 0 amide bonds. The maximum atomic E-state index is 12.7. The molecular formula is C24H29F4NO3S. The summed E-state index contributed by atoms with van der Waals surface area (Å²) in [5.74, 6) is -0.374. The second-order valence-electron chi connectivity index (χ2n) is 8.46. The number of alkyl halides is 3. The molecule has 0 bridgehead atoms. The van der Waals surface area contributed by atoms with E-state index in [4.69, 9.17) is 9.47 Å². The Balaban J connectivity index is 0.000000245. The summed E-state index contributed by atoms with van der Waals surface area (Å²) >= 11 is 0.930. The van der Waals surface area contributed by atoms with Crippen LogP contribution in [0.2, 0.25) is 0 Å². The van der Waals surface area contributed by atoms with Crippen LogP contribution < -0.4 is 9.46 Å². The van der Waals surface area contributed by atoms with E-state index in [0.29, 0.717) is 6.07 Å². The van der Waals surface area contributed by atoms with E-state index >= 15 is 0 Å². The zero-order valence-electron chi connectivity index (χ0n) is 19.1. The van der Waals surface area contributed by atoms with Crippen LogP contribution in [-0.4, -0.2) is 25.2 Å². The Morgan fingerprint density at radius 3 is 2.42 bits per heavy atom. The zero-order chi connectivity index (χ0) is 24.6. The minimum Gasteiger partial charge on any atom is -0.482 e. The van der Waals surface area contributed by atoms with Crippen molar-refractivity contribution >= 4 is 17.9 Å². The first-order valence-electron chi connectivity index (χ1n) is 10.6. The number of carbonyl (C=O) groups is 1. The maximum absolute atomic E-state index is 12.7. The molecule has 182 valence electrons. The van der Waals surface area contributed by atoms with E-state index in [2.05, 4.69) is 10.8 Å². The van der Waals surface area contributed by atoms with Crippen LogP contribution in [0.15, 0.2) is 41.3 Å². The highest BCUT2D eigenvalue weighted by molar-refractivity contribution is 7.97. The average molecular weight is 488 g/mol. The van der Waals surface area contributed by atoms with Crippen molar-refractivity contribution < 1.29 is 31.8 Å². The number of nitrogens with one attached hydrogen (secondary N) is 1. The van der Waals surface area contributed by atoms with Gasteiger partial charge in [-0.15, -0.1) is 0 Å². The molecule has 0 aromatic heterocycles. The summed E-state index contributed by atoms with van der Waals surface area (Å²) in [6.07, 6.45) is 0.0757. The quantitative estimate of drug-likeness (QED) is 0.302. The third-order valence-corrected chi connectivity index (χ3v) is 5.21. The summed E-state index contributed by atoms with van der Waals surface area (Å²) in [6, 6.07) is 8.48. The van der Waals surface area contributed by atoms with Gasteiger partial charge in [0.05, 0.1) is 5.56 Å². The van der Waals surface area contributed by atoms with Crippen LogP contribution in [0.5, 0.6) is 5.75 Å². The summed E-state index contributed by atoms with van der Waals surface area (Å²) in [5.41, 5.74) is 1.18. The van der Waals surface area contributed by atoms with Gasteiger partial charge in [-0.1, -0.05) is 12.1 Å². The van der Waals surface area contributed by atoms with Crippen molar-refractivity contribution in [1.82, 2.24) is 4.72 Å².